The van der Waals surface area contributed by atoms with Gasteiger partial charge in [0, 0.05) is 30.5 Å². The molecule has 0 aliphatic heterocycles. The largest absolute Gasteiger partial charge is 0.367 e. The van der Waals surface area contributed by atoms with Crippen molar-refractivity contribution in [1.82, 2.24) is 20.5 Å². The minimum atomic E-state index is -0.172. The molecule has 21 heavy (non-hydrogen) atoms. The zero-order valence-electron chi connectivity index (χ0n) is 11.3. The molecule has 0 fully saturated rings. The zero-order valence-corrected chi connectivity index (χ0v) is 11.3. The van der Waals surface area contributed by atoms with Crippen molar-refractivity contribution in [3.05, 3.63) is 40.7 Å². The molecule has 0 unspecified atom stereocenters. The van der Waals surface area contributed by atoms with E-state index in [1.165, 1.54) is 0 Å². The number of Topliss-reactive ketones (excluding diaryl/α,β-unsaturated/α-hetero) is 1. The molecular formula is C14H15N5O2. The van der Waals surface area contributed by atoms with Crippen molar-refractivity contribution in [2.45, 2.75) is 19.3 Å². The van der Waals surface area contributed by atoms with Crippen molar-refractivity contribution >= 4 is 17.6 Å². The number of carbonyl (C=O) groups excluding carboxylic acids is 2. The maximum Gasteiger partial charge on any atom is 0.251 e. The van der Waals surface area contributed by atoms with Crippen LogP contribution in [0.25, 0.3) is 0 Å². The van der Waals surface area contributed by atoms with Crippen molar-refractivity contribution < 1.29 is 9.59 Å². The Bertz CT molecular complexity index is 707. The maximum atomic E-state index is 12.2. The first-order valence-corrected chi connectivity index (χ1v) is 6.75. The lowest BCUT2D eigenvalue weighted by Crippen LogP contribution is -2.27. The predicted octanol–water partition coefficient (Wildman–Crippen LogP) is 0.488. The first-order chi connectivity index (χ1) is 10.1. The van der Waals surface area contributed by atoms with Crippen LogP contribution in [0.2, 0.25) is 0 Å². The highest BCUT2D eigenvalue weighted by Gasteiger charge is 2.24. The molecule has 0 saturated heterocycles. The second-order valence-corrected chi connectivity index (χ2v) is 4.90. The summed E-state index contributed by atoms with van der Waals surface area (Å²) in [5, 5.41) is 9.23. The number of hydrogen-bond acceptors (Lipinski definition) is 5. The van der Waals surface area contributed by atoms with Gasteiger partial charge in [0.2, 0.25) is 5.95 Å². The molecule has 7 nitrogen and oxygen atoms in total. The Kier molecular flexibility index (Phi) is 3.39. The minimum Gasteiger partial charge on any atom is -0.367 e. The number of nitrogens with zero attached hydrogens (tertiary/aromatic N) is 2. The average Bonchev–Trinajstić information content (AvgIpc) is 3.05. The van der Waals surface area contributed by atoms with Gasteiger partial charge in [-0.3, -0.25) is 14.7 Å². The van der Waals surface area contributed by atoms with Gasteiger partial charge in [-0.05, 0) is 18.1 Å². The van der Waals surface area contributed by atoms with E-state index in [1.807, 2.05) is 0 Å². The lowest BCUT2D eigenvalue weighted by molar-refractivity contribution is 0.0952. The normalized spacial score (nSPS) is 13.2. The quantitative estimate of drug-likeness (QED) is 0.756. The number of carbonyl (C=O) groups is 2. The van der Waals surface area contributed by atoms with E-state index in [4.69, 9.17) is 5.73 Å². The zero-order chi connectivity index (χ0) is 14.8. The molecule has 7 heteroatoms. The molecule has 1 heterocycles. The number of aromatic amines is 1. The van der Waals surface area contributed by atoms with Gasteiger partial charge < -0.3 is 11.1 Å². The van der Waals surface area contributed by atoms with Crippen LogP contribution in [-0.4, -0.2) is 33.4 Å². The molecule has 0 bridgehead atoms. The van der Waals surface area contributed by atoms with Gasteiger partial charge >= 0.3 is 0 Å². The van der Waals surface area contributed by atoms with Crippen LogP contribution in [0, 0.1) is 0 Å². The molecule has 2 aromatic rings. The van der Waals surface area contributed by atoms with Crippen LogP contribution >= 0.6 is 0 Å². The molecular weight excluding hydrogens is 270 g/mol. The first kappa shape index (κ1) is 13.3. The molecule has 1 amide bonds. The van der Waals surface area contributed by atoms with Crippen LogP contribution < -0.4 is 11.1 Å². The van der Waals surface area contributed by atoms with E-state index in [9.17, 15) is 9.59 Å². The summed E-state index contributed by atoms with van der Waals surface area (Å²) in [7, 11) is 0. The third-order valence-electron chi connectivity index (χ3n) is 3.52. The molecule has 0 saturated carbocycles. The molecule has 4 N–H and O–H groups in total. The maximum absolute atomic E-state index is 12.2. The SMILES string of the molecule is Nc1n[nH]c(CCNC(=O)c2cccc3c2CCC3=O)n1. The highest BCUT2D eigenvalue weighted by Crippen LogP contribution is 2.25. The molecule has 0 atom stereocenters. The predicted molar refractivity (Wildman–Crippen MR) is 75.9 cm³/mol. The monoisotopic (exact) mass is 285 g/mol. The summed E-state index contributed by atoms with van der Waals surface area (Å²) < 4.78 is 0. The average molecular weight is 285 g/mol. The van der Waals surface area contributed by atoms with Gasteiger partial charge in [0.05, 0.1) is 0 Å². The lowest BCUT2D eigenvalue weighted by atomic mass is 10.0. The van der Waals surface area contributed by atoms with Crippen LogP contribution in [0.1, 0.15) is 38.5 Å². The summed E-state index contributed by atoms with van der Waals surface area (Å²) in [6, 6.07) is 5.27. The number of nitrogens with one attached hydrogen (secondary N) is 2. The molecule has 1 aromatic carbocycles. The summed E-state index contributed by atoms with van der Waals surface area (Å²) in [6.07, 6.45) is 1.64. The van der Waals surface area contributed by atoms with E-state index >= 15 is 0 Å². The van der Waals surface area contributed by atoms with E-state index in [0.717, 1.165) is 5.56 Å². The van der Waals surface area contributed by atoms with Crippen molar-refractivity contribution in [2.75, 3.05) is 12.3 Å². The number of hydrogen-bond donors (Lipinski definition) is 3. The fourth-order valence-corrected chi connectivity index (χ4v) is 2.51. The summed E-state index contributed by atoms with van der Waals surface area (Å²) in [5.41, 5.74) is 7.50. The van der Waals surface area contributed by atoms with Gasteiger partial charge in [-0.1, -0.05) is 12.1 Å². The molecule has 0 spiro atoms. The number of nitrogens with two attached hydrogens (primary N) is 1. The van der Waals surface area contributed by atoms with E-state index < -0.39 is 0 Å². The van der Waals surface area contributed by atoms with Crippen molar-refractivity contribution in [3.8, 4) is 0 Å². The number of ketones is 1. The second kappa shape index (κ2) is 5.35. The fraction of sp³-hybridized carbons (Fsp3) is 0.286. The number of fused-ring (bicyclic) bond motifs is 1. The van der Waals surface area contributed by atoms with E-state index in [1.54, 1.807) is 18.2 Å². The number of rotatable bonds is 4. The summed E-state index contributed by atoms with van der Waals surface area (Å²) in [5.74, 6) is 0.753. The second-order valence-electron chi connectivity index (χ2n) is 4.90. The van der Waals surface area contributed by atoms with E-state index in [2.05, 4.69) is 20.5 Å². The van der Waals surface area contributed by atoms with Crippen LogP contribution in [0.3, 0.4) is 0 Å². The first-order valence-electron chi connectivity index (χ1n) is 6.75. The molecule has 1 aliphatic carbocycles. The van der Waals surface area contributed by atoms with Gasteiger partial charge in [-0.2, -0.15) is 4.98 Å². The number of amides is 1. The Balaban J connectivity index is 1.65. The highest BCUT2D eigenvalue weighted by atomic mass is 16.1. The van der Waals surface area contributed by atoms with Gasteiger partial charge in [0.1, 0.15) is 5.82 Å². The third kappa shape index (κ3) is 2.62. The van der Waals surface area contributed by atoms with E-state index in [-0.39, 0.29) is 17.6 Å². The van der Waals surface area contributed by atoms with Gasteiger partial charge in [0.15, 0.2) is 5.78 Å². The van der Waals surface area contributed by atoms with Gasteiger partial charge in [-0.25, -0.2) is 0 Å². The number of aromatic nitrogens is 3. The van der Waals surface area contributed by atoms with Crippen LogP contribution in [0.15, 0.2) is 18.2 Å². The molecule has 108 valence electrons. The topological polar surface area (TPSA) is 114 Å². The number of H-pyrrole nitrogens is 1. The number of benzene rings is 1. The molecule has 1 aromatic heterocycles. The number of anilines is 1. The minimum absolute atomic E-state index is 0.108. The van der Waals surface area contributed by atoms with Crippen molar-refractivity contribution in [1.29, 1.82) is 0 Å². The van der Waals surface area contributed by atoms with Crippen molar-refractivity contribution in [3.63, 3.8) is 0 Å². The Morgan fingerprint density at radius 3 is 3.00 bits per heavy atom. The standard InChI is InChI=1S/C14H15N5O2/c15-14-17-12(18-19-14)6-7-16-13(21)10-3-1-2-9-8(10)4-5-11(9)20/h1-3H,4-7H2,(H,16,21)(H3,15,17,18,19). The smallest absolute Gasteiger partial charge is 0.251 e. The molecule has 1 aliphatic rings. The Hall–Kier alpha value is -2.70. The highest BCUT2D eigenvalue weighted by molar-refractivity contribution is 6.05. The molecule has 0 radical (unpaired) electrons. The van der Waals surface area contributed by atoms with Crippen LogP contribution in [-0.2, 0) is 12.8 Å². The Labute approximate surface area is 121 Å². The summed E-state index contributed by atoms with van der Waals surface area (Å²) in [6.45, 7) is 0.422. The molecule has 3 rings (SSSR count). The third-order valence-corrected chi connectivity index (χ3v) is 3.52. The van der Waals surface area contributed by atoms with Crippen molar-refractivity contribution in [2.24, 2.45) is 0 Å². The van der Waals surface area contributed by atoms with Crippen LogP contribution in [0.5, 0.6) is 0 Å². The Morgan fingerprint density at radius 1 is 1.38 bits per heavy atom. The van der Waals surface area contributed by atoms with Gasteiger partial charge in [-0.15, -0.1) is 5.10 Å². The summed E-state index contributed by atoms with van der Waals surface area (Å²) in [4.78, 5) is 27.9. The fourth-order valence-electron chi connectivity index (χ4n) is 2.51. The van der Waals surface area contributed by atoms with Crippen LogP contribution in [0.4, 0.5) is 5.95 Å². The number of nitrogen functional groups attached to an aromatic ring is 1. The summed E-state index contributed by atoms with van der Waals surface area (Å²) >= 11 is 0. The lowest BCUT2D eigenvalue weighted by Gasteiger charge is -2.08. The van der Waals surface area contributed by atoms with E-state index in [0.29, 0.717) is 42.8 Å². The Morgan fingerprint density at radius 2 is 2.24 bits per heavy atom. The van der Waals surface area contributed by atoms with Gasteiger partial charge in [0.25, 0.3) is 5.91 Å².